The van der Waals surface area contributed by atoms with Crippen molar-refractivity contribution in [2.75, 3.05) is 32.8 Å². The maximum atomic E-state index is 13.9. The van der Waals surface area contributed by atoms with Crippen LogP contribution in [0.15, 0.2) is 65.6 Å². The monoisotopic (exact) mass is 490 g/mol. The van der Waals surface area contributed by atoms with Crippen molar-refractivity contribution in [1.29, 1.82) is 0 Å². The molecule has 0 saturated carbocycles. The number of hydrogen-bond donors (Lipinski definition) is 1. The zero-order chi connectivity index (χ0) is 25.1. The zero-order valence-electron chi connectivity index (χ0n) is 20.6. The second kappa shape index (κ2) is 10.4. The molecule has 1 heterocycles. The summed E-state index contributed by atoms with van der Waals surface area (Å²) in [6.07, 6.45) is 2.94. The number of aryl methyl sites for hydroxylation is 1. The van der Waals surface area contributed by atoms with Crippen LogP contribution < -0.4 is 14.8 Å². The molecule has 6 nitrogen and oxygen atoms in total. The molecule has 2 atom stereocenters. The third-order valence-corrected chi connectivity index (χ3v) is 7.29. The molecule has 0 spiro atoms. The van der Waals surface area contributed by atoms with Crippen LogP contribution in [0.1, 0.15) is 45.9 Å². The molecule has 3 aromatic carbocycles. The molecule has 1 aliphatic heterocycles. The Hall–Kier alpha value is -3.45. The highest BCUT2D eigenvalue weighted by Crippen LogP contribution is 2.46. The van der Waals surface area contributed by atoms with Crippen LogP contribution in [-0.4, -0.2) is 44.2 Å². The molecule has 35 heavy (non-hydrogen) atoms. The number of nitrogens with zero attached hydrogens (tertiary/aromatic N) is 1. The Bertz CT molecular complexity index is 1220. The van der Waals surface area contributed by atoms with Crippen molar-refractivity contribution >= 4 is 29.3 Å². The smallest absolute Gasteiger partial charge is 0.254 e. The minimum atomic E-state index is -0.654. The van der Waals surface area contributed by atoms with Gasteiger partial charge in [0.2, 0.25) is 5.91 Å². The minimum Gasteiger partial charge on any atom is -0.493 e. The standard InChI is InChI=1S/C28H30N2O4S/c1-6-17-7-11-19(12-8-17)29-27(31)25-21-15-23(33-3)24(34-4)16-22(21)28(32)30(2)26(25)18-9-13-20(35-5)14-10-18/h7-16,25-26H,6H2,1-5H3,(H,29,31). The van der Waals surface area contributed by atoms with Crippen molar-refractivity contribution in [2.24, 2.45) is 0 Å². The van der Waals surface area contributed by atoms with Crippen molar-refractivity contribution in [1.82, 2.24) is 4.90 Å². The predicted molar refractivity (Wildman–Crippen MR) is 140 cm³/mol. The average Bonchev–Trinajstić information content (AvgIpc) is 2.90. The van der Waals surface area contributed by atoms with Crippen LogP contribution in [0.3, 0.4) is 0 Å². The van der Waals surface area contributed by atoms with E-state index in [9.17, 15) is 9.59 Å². The molecule has 0 bridgehead atoms. The molecule has 1 N–H and O–H groups in total. The van der Waals surface area contributed by atoms with E-state index in [1.165, 1.54) is 12.7 Å². The van der Waals surface area contributed by atoms with Gasteiger partial charge >= 0.3 is 0 Å². The van der Waals surface area contributed by atoms with Crippen LogP contribution in [0.25, 0.3) is 0 Å². The summed E-state index contributed by atoms with van der Waals surface area (Å²) in [5, 5.41) is 3.07. The molecule has 0 aromatic heterocycles. The molecule has 182 valence electrons. The summed E-state index contributed by atoms with van der Waals surface area (Å²) >= 11 is 1.64. The molecule has 0 aliphatic carbocycles. The first kappa shape index (κ1) is 24.7. The van der Waals surface area contributed by atoms with Crippen LogP contribution in [0, 0.1) is 0 Å². The molecule has 3 aromatic rings. The van der Waals surface area contributed by atoms with E-state index in [0.29, 0.717) is 28.3 Å². The fraction of sp³-hybridized carbons (Fsp3) is 0.286. The number of nitrogens with one attached hydrogen (secondary N) is 1. The normalized spacial score (nSPS) is 17.1. The second-order valence-electron chi connectivity index (χ2n) is 8.45. The van der Waals surface area contributed by atoms with Gasteiger partial charge in [-0.2, -0.15) is 0 Å². The van der Waals surface area contributed by atoms with E-state index in [0.717, 1.165) is 16.9 Å². The van der Waals surface area contributed by atoms with E-state index in [2.05, 4.69) is 12.2 Å². The van der Waals surface area contributed by atoms with Crippen molar-refractivity contribution < 1.29 is 19.1 Å². The second-order valence-corrected chi connectivity index (χ2v) is 9.33. The van der Waals surface area contributed by atoms with Crippen LogP contribution in [0.2, 0.25) is 0 Å². The lowest BCUT2D eigenvalue weighted by atomic mass is 9.79. The van der Waals surface area contributed by atoms with Crippen molar-refractivity contribution in [2.45, 2.75) is 30.2 Å². The molecule has 0 fully saturated rings. The lowest BCUT2D eigenvalue weighted by Gasteiger charge is -2.40. The lowest BCUT2D eigenvalue weighted by molar-refractivity contribution is -0.119. The van der Waals surface area contributed by atoms with Gasteiger partial charge < -0.3 is 19.7 Å². The number of benzene rings is 3. The van der Waals surface area contributed by atoms with Gasteiger partial charge in [0.05, 0.1) is 26.2 Å². The van der Waals surface area contributed by atoms with Gasteiger partial charge in [0.25, 0.3) is 5.91 Å². The number of ether oxygens (including phenoxy) is 2. The number of carbonyl (C=O) groups excluding carboxylic acids is 2. The lowest BCUT2D eigenvalue weighted by Crippen LogP contribution is -2.44. The van der Waals surface area contributed by atoms with Gasteiger partial charge in [-0.3, -0.25) is 9.59 Å². The first-order valence-corrected chi connectivity index (χ1v) is 12.7. The first-order valence-electron chi connectivity index (χ1n) is 11.5. The number of thioether (sulfide) groups is 1. The fourth-order valence-electron chi connectivity index (χ4n) is 4.59. The number of hydrogen-bond acceptors (Lipinski definition) is 5. The molecule has 0 radical (unpaired) electrons. The Labute approximate surface area is 210 Å². The molecule has 2 unspecified atom stereocenters. The topological polar surface area (TPSA) is 67.9 Å². The number of carbonyl (C=O) groups is 2. The van der Waals surface area contributed by atoms with Gasteiger partial charge in [-0.25, -0.2) is 0 Å². The quantitative estimate of drug-likeness (QED) is 0.441. The van der Waals surface area contributed by atoms with Crippen molar-refractivity contribution in [3.63, 3.8) is 0 Å². The summed E-state index contributed by atoms with van der Waals surface area (Å²) in [7, 11) is 4.82. The minimum absolute atomic E-state index is 0.170. The van der Waals surface area contributed by atoms with Gasteiger partial charge in [0.15, 0.2) is 11.5 Å². The third kappa shape index (κ3) is 4.73. The number of likely N-dealkylation sites (N-methyl/N-ethyl adjacent to an activating group) is 1. The molecule has 1 aliphatic rings. The fourth-order valence-corrected chi connectivity index (χ4v) is 5.00. The van der Waals surface area contributed by atoms with Gasteiger partial charge in [-0.1, -0.05) is 31.2 Å². The predicted octanol–water partition coefficient (Wildman–Crippen LogP) is 5.54. The van der Waals surface area contributed by atoms with E-state index in [-0.39, 0.29) is 11.8 Å². The summed E-state index contributed by atoms with van der Waals surface area (Å²) in [5.74, 6) is -0.0917. The molecule has 4 rings (SSSR count). The highest BCUT2D eigenvalue weighted by Gasteiger charge is 2.43. The van der Waals surface area contributed by atoms with Gasteiger partial charge in [-0.15, -0.1) is 11.8 Å². The number of rotatable bonds is 7. The third-order valence-electron chi connectivity index (χ3n) is 6.54. The summed E-state index contributed by atoms with van der Waals surface area (Å²) in [5.41, 5.74) is 3.85. The SMILES string of the molecule is CCc1ccc(NC(=O)C2c3cc(OC)c(OC)cc3C(=O)N(C)C2c2ccc(SC)cc2)cc1. The maximum absolute atomic E-state index is 13.9. The summed E-state index contributed by atoms with van der Waals surface area (Å²) in [6, 6.07) is 18.8. The number of methoxy groups -OCH3 is 2. The van der Waals surface area contributed by atoms with Crippen LogP contribution in [0.4, 0.5) is 5.69 Å². The van der Waals surface area contributed by atoms with E-state index in [4.69, 9.17) is 9.47 Å². The summed E-state index contributed by atoms with van der Waals surface area (Å²) in [4.78, 5) is 30.1. The van der Waals surface area contributed by atoms with Gasteiger partial charge in [0.1, 0.15) is 0 Å². The molecule has 0 saturated heterocycles. The van der Waals surface area contributed by atoms with Crippen molar-refractivity contribution in [3.8, 4) is 11.5 Å². The van der Waals surface area contributed by atoms with Crippen molar-refractivity contribution in [3.05, 3.63) is 82.9 Å². The van der Waals surface area contributed by atoms with Gasteiger partial charge in [0, 0.05) is 23.2 Å². The molecule has 7 heteroatoms. The number of fused-ring (bicyclic) bond motifs is 1. The Kier molecular flexibility index (Phi) is 7.36. The summed E-state index contributed by atoms with van der Waals surface area (Å²) in [6.45, 7) is 2.09. The van der Waals surface area contributed by atoms with Crippen LogP contribution >= 0.6 is 11.8 Å². The van der Waals surface area contributed by atoms with Gasteiger partial charge in [-0.05, 0) is 65.8 Å². The zero-order valence-corrected chi connectivity index (χ0v) is 21.4. The largest absolute Gasteiger partial charge is 0.493 e. The Morgan fingerprint density at radius 1 is 1.00 bits per heavy atom. The first-order chi connectivity index (χ1) is 16.9. The summed E-state index contributed by atoms with van der Waals surface area (Å²) < 4.78 is 11.0. The highest BCUT2D eigenvalue weighted by atomic mass is 32.2. The van der Waals surface area contributed by atoms with E-state index >= 15 is 0 Å². The van der Waals surface area contributed by atoms with E-state index in [1.54, 1.807) is 43.0 Å². The Balaban J connectivity index is 1.84. The molecule has 2 amide bonds. The van der Waals surface area contributed by atoms with E-state index < -0.39 is 12.0 Å². The van der Waals surface area contributed by atoms with Crippen LogP contribution in [-0.2, 0) is 11.2 Å². The van der Waals surface area contributed by atoms with Crippen LogP contribution in [0.5, 0.6) is 11.5 Å². The Morgan fingerprint density at radius 3 is 2.20 bits per heavy atom. The molecular formula is C28H30N2O4S. The molecular weight excluding hydrogens is 460 g/mol. The van der Waals surface area contributed by atoms with E-state index in [1.807, 2.05) is 54.8 Å². The maximum Gasteiger partial charge on any atom is 0.254 e. The Morgan fingerprint density at radius 2 is 1.63 bits per heavy atom. The average molecular weight is 491 g/mol. The number of amides is 2. The number of anilines is 1. The highest BCUT2D eigenvalue weighted by molar-refractivity contribution is 7.98.